The van der Waals surface area contributed by atoms with Gasteiger partial charge in [-0.25, -0.2) is 4.79 Å². The van der Waals surface area contributed by atoms with Gasteiger partial charge in [0.05, 0.1) is 19.3 Å². The number of carbonyl (C=O) groups excluding carboxylic acids is 2. The van der Waals surface area contributed by atoms with Gasteiger partial charge in [0, 0.05) is 35.9 Å². The summed E-state index contributed by atoms with van der Waals surface area (Å²) in [5.41, 5.74) is 4.76. The minimum atomic E-state index is -0.513. The van der Waals surface area contributed by atoms with E-state index in [9.17, 15) is 9.59 Å². The molecule has 0 saturated carbocycles. The van der Waals surface area contributed by atoms with E-state index in [1.54, 1.807) is 7.11 Å². The Kier molecular flexibility index (Phi) is 7.61. The number of fused-ring (bicyclic) bond motifs is 1. The third-order valence-electron chi connectivity index (χ3n) is 7.43. The Hall–Kier alpha value is -3.90. The standard InChI is InChI=1S/C32H33NO5/c1-4-37-16-17-38-32(35)29-20(2)33-27-18-23(21-12-14-24(36-3)15-13-21)19-28(34)31(27)30(29)26-11-7-9-22-8-5-6-10-25(22)26/h5-15,23,30,33H,4,16-19H2,1-3H3/t23-,30+/m1/s1. The fraction of sp³-hybridized carbons (Fsp3) is 0.312. The van der Waals surface area contributed by atoms with Crippen molar-refractivity contribution in [2.24, 2.45) is 0 Å². The molecule has 1 aliphatic heterocycles. The minimum absolute atomic E-state index is 0.0420. The summed E-state index contributed by atoms with van der Waals surface area (Å²) < 4.78 is 16.3. The average molecular weight is 512 g/mol. The highest BCUT2D eigenvalue weighted by Gasteiger charge is 2.42. The van der Waals surface area contributed by atoms with E-state index in [1.807, 2.05) is 80.6 Å². The molecule has 5 rings (SSSR count). The smallest absolute Gasteiger partial charge is 0.336 e. The first-order chi connectivity index (χ1) is 18.5. The monoisotopic (exact) mass is 511 g/mol. The van der Waals surface area contributed by atoms with Crippen LogP contribution in [0.5, 0.6) is 5.75 Å². The molecule has 3 aromatic rings. The number of methoxy groups -OCH3 is 1. The van der Waals surface area contributed by atoms with Crippen molar-refractivity contribution in [2.75, 3.05) is 26.9 Å². The number of esters is 1. The van der Waals surface area contributed by atoms with Crippen molar-refractivity contribution < 1.29 is 23.8 Å². The molecule has 6 nitrogen and oxygen atoms in total. The Morgan fingerprint density at radius 2 is 1.74 bits per heavy atom. The SMILES string of the molecule is CCOCCOC(=O)C1=C(C)NC2=C(C(=O)C[C@H](c3ccc(OC)cc3)C2)[C@H]1c1cccc2ccccc12. The van der Waals surface area contributed by atoms with Crippen molar-refractivity contribution in [1.82, 2.24) is 5.32 Å². The third-order valence-corrected chi connectivity index (χ3v) is 7.43. The summed E-state index contributed by atoms with van der Waals surface area (Å²) in [5, 5.41) is 5.51. The zero-order valence-electron chi connectivity index (χ0n) is 22.1. The molecular formula is C32H33NO5. The van der Waals surface area contributed by atoms with Gasteiger partial charge in [0.1, 0.15) is 12.4 Å². The van der Waals surface area contributed by atoms with E-state index in [0.717, 1.165) is 33.3 Å². The first kappa shape index (κ1) is 25.7. The number of rotatable bonds is 8. The lowest BCUT2D eigenvalue weighted by Gasteiger charge is -2.37. The van der Waals surface area contributed by atoms with Gasteiger partial charge in [-0.05, 0) is 60.2 Å². The van der Waals surface area contributed by atoms with Crippen molar-refractivity contribution in [1.29, 1.82) is 0 Å². The molecular weight excluding hydrogens is 478 g/mol. The largest absolute Gasteiger partial charge is 0.497 e. The van der Waals surface area contributed by atoms with Crippen molar-refractivity contribution in [3.63, 3.8) is 0 Å². The lowest BCUT2D eigenvalue weighted by Crippen LogP contribution is -2.36. The van der Waals surface area contributed by atoms with Crippen LogP contribution < -0.4 is 10.1 Å². The number of benzene rings is 3. The van der Waals surface area contributed by atoms with Crippen LogP contribution in [0.15, 0.2) is 89.3 Å². The average Bonchev–Trinajstić information content (AvgIpc) is 2.94. The summed E-state index contributed by atoms with van der Waals surface area (Å²) >= 11 is 0. The van der Waals surface area contributed by atoms with E-state index >= 15 is 0 Å². The van der Waals surface area contributed by atoms with Crippen LogP contribution in [-0.2, 0) is 19.1 Å². The molecule has 0 aromatic heterocycles. The summed E-state index contributed by atoms with van der Waals surface area (Å²) in [6.45, 7) is 4.84. The van der Waals surface area contributed by atoms with E-state index in [-0.39, 0.29) is 18.3 Å². The zero-order valence-corrected chi connectivity index (χ0v) is 22.1. The third kappa shape index (κ3) is 4.96. The molecule has 1 aliphatic carbocycles. The van der Waals surface area contributed by atoms with Gasteiger partial charge in [0.2, 0.25) is 0 Å². The number of allylic oxidation sites excluding steroid dienone is 3. The lowest BCUT2D eigenvalue weighted by molar-refractivity contribution is -0.140. The Labute approximate surface area is 223 Å². The Morgan fingerprint density at radius 1 is 0.974 bits per heavy atom. The van der Waals surface area contributed by atoms with Crippen LogP contribution in [0.25, 0.3) is 10.8 Å². The maximum Gasteiger partial charge on any atom is 0.336 e. The van der Waals surface area contributed by atoms with Gasteiger partial charge in [-0.2, -0.15) is 0 Å². The van der Waals surface area contributed by atoms with Crippen LogP contribution in [0.2, 0.25) is 0 Å². The molecule has 0 fully saturated rings. The predicted octanol–water partition coefficient (Wildman–Crippen LogP) is 5.79. The molecule has 3 aromatic carbocycles. The van der Waals surface area contributed by atoms with E-state index in [1.165, 1.54) is 0 Å². The van der Waals surface area contributed by atoms with Gasteiger partial charge in [-0.3, -0.25) is 4.79 Å². The number of ketones is 1. The molecule has 1 N–H and O–H groups in total. The van der Waals surface area contributed by atoms with Gasteiger partial charge in [0.25, 0.3) is 0 Å². The Morgan fingerprint density at radius 3 is 2.50 bits per heavy atom. The summed E-state index contributed by atoms with van der Waals surface area (Å²) in [7, 11) is 1.64. The normalized spacial score (nSPS) is 19.3. The number of hydrogen-bond donors (Lipinski definition) is 1. The number of nitrogens with one attached hydrogen (secondary N) is 1. The van der Waals surface area contributed by atoms with Crippen LogP contribution in [0, 0.1) is 0 Å². The molecule has 38 heavy (non-hydrogen) atoms. The molecule has 2 atom stereocenters. The topological polar surface area (TPSA) is 73.9 Å². The molecule has 0 unspecified atom stereocenters. The lowest BCUT2D eigenvalue weighted by atomic mass is 9.71. The molecule has 6 heteroatoms. The highest BCUT2D eigenvalue weighted by molar-refractivity contribution is 6.05. The van der Waals surface area contributed by atoms with Gasteiger partial charge >= 0.3 is 5.97 Å². The maximum atomic E-state index is 13.9. The van der Waals surface area contributed by atoms with Gasteiger partial charge in [-0.1, -0.05) is 54.6 Å². The van der Waals surface area contributed by atoms with Crippen molar-refractivity contribution >= 4 is 22.5 Å². The quantitative estimate of drug-likeness (QED) is 0.305. The molecule has 0 bridgehead atoms. The molecule has 0 saturated heterocycles. The van der Waals surface area contributed by atoms with Gasteiger partial charge in [-0.15, -0.1) is 0 Å². The van der Waals surface area contributed by atoms with Crippen LogP contribution in [0.1, 0.15) is 49.7 Å². The highest BCUT2D eigenvalue weighted by atomic mass is 16.6. The fourth-order valence-electron chi connectivity index (χ4n) is 5.65. The zero-order chi connectivity index (χ0) is 26.6. The predicted molar refractivity (Wildman–Crippen MR) is 147 cm³/mol. The molecule has 196 valence electrons. The molecule has 0 spiro atoms. The number of hydrogen-bond acceptors (Lipinski definition) is 6. The van der Waals surface area contributed by atoms with Crippen molar-refractivity contribution in [3.8, 4) is 5.75 Å². The van der Waals surface area contributed by atoms with Gasteiger partial charge < -0.3 is 19.5 Å². The van der Waals surface area contributed by atoms with Crippen LogP contribution in [-0.4, -0.2) is 38.7 Å². The second-order valence-corrected chi connectivity index (χ2v) is 9.69. The number of carbonyl (C=O) groups is 2. The second kappa shape index (κ2) is 11.2. The van der Waals surface area contributed by atoms with Crippen molar-refractivity contribution in [3.05, 3.63) is 100 Å². The Bertz CT molecular complexity index is 1410. The van der Waals surface area contributed by atoms with E-state index in [4.69, 9.17) is 14.2 Å². The summed E-state index contributed by atoms with van der Waals surface area (Å²) in [6, 6.07) is 22.0. The van der Waals surface area contributed by atoms with Crippen molar-refractivity contribution in [2.45, 2.75) is 38.5 Å². The minimum Gasteiger partial charge on any atom is -0.497 e. The molecule has 0 amide bonds. The summed E-state index contributed by atoms with van der Waals surface area (Å²) in [6.07, 6.45) is 1.05. The van der Waals surface area contributed by atoms with Crippen LogP contribution in [0.4, 0.5) is 0 Å². The van der Waals surface area contributed by atoms with Gasteiger partial charge in [0.15, 0.2) is 5.78 Å². The molecule has 0 radical (unpaired) electrons. The second-order valence-electron chi connectivity index (χ2n) is 9.69. The molecule has 2 aliphatic rings. The first-order valence-electron chi connectivity index (χ1n) is 13.1. The number of ether oxygens (including phenoxy) is 3. The molecule has 1 heterocycles. The van der Waals surface area contributed by atoms with E-state index < -0.39 is 11.9 Å². The van der Waals surface area contributed by atoms with E-state index in [0.29, 0.717) is 42.9 Å². The highest BCUT2D eigenvalue weighted by Crippen LogP contribution is 2.47. The first-order valence-corrected chi connectivity index (χ1v) is 13.1. The summed E-state index contributed by atoms with van der Waals surface area (Å²) in [5.74, 6) is -0.0654. The fourth-order valence-corrected chi connectivity index (χ4v) is 5.65. The number of dihydropyridines is 1. The van der Waals surface area contributed by atoms with E-state index in [2.05, 4.69) is 5.32 Å². The van der Waals surface area contributed by atoms with Crippen LogP contribution in [0.3, 0.4) is 0 Å². The Balaban J connectivity index is 1.57. The maximum absolute atomic E-state index is 13.9. The summed E-state index contributed by atoms with van der Waals surface area (Å²) in [4.78, 5) is 27.4. The van der Waals surface area contributed by atoms with Crippen LogP contribution >= 0.6 is 0 Å². The number of Topliss-reactive ketones (excluding diaryl/α,β-unsaturated/α-hetero) is 1.